The van der Waals surface area contributed by atoms with Crippen molar-refractivity contribution in [1.29, 1.82) is 0 Å². The molecule has 2 N–H and O–H groups in total. The minimum absolute atomic E-state index is 0.185. The lowest BCUT2D eigenvalue weighted by molar-refractivity contribution is -0.139. The number of hydrogen-bond acceptors (Lipinski definition) is 5. The molecule has 0 aliphatic carbocycles. The minimum atomic E-state index is -0.674. The van der Waals surface area contributed by atoms with Gasteiger partial charge in [0.1, 0.15) is 11.6 Å². The van der Waals surface area contributed by atoms with Crippen LogP contribution in [0.25, 0.3) is 0 Å². The normalized spacial score (nSPS) is 14.8. The monoisotopic (exact) mass is 374 g/mol. The van der Waals surface area contributed by atoms with Gasteiger partial charge >= 0.3 is 11.8 Å². The molecule has 0 radical (unpaired) electrons. The molecule has 1 aromatic heterocycles. The molecule has 27 heavy (non-hydrogen) atoms. The molecule has 1 fully saturated rings. The smallest absolute Gasteiger partial charge is 0.309 e. The molecule has 3 rings (SSSR count). The number of hydrogen-bond donors (Lipinski definition) is 2. The van der Waals surface area contributed by atoms with E-state index in [1.165, 1.54) is 18.4 Å². The number of anilines is 1. The maximum absolute atomic E-state index is 13.0. The molecule has 7 nitrogen and oxygen atoms in total. The molecule has 1 aliphatic rings. The van der Waals surface area contributed by atoms with E-state index in [1.54, 1.807) is 24.3 Å². The van der Waals surface area contributed by atoms with Gasteiger partial charge in [0.05, 0.1) is 12.8 Å². The molecule has 0 saturated carbocycles. The summed E-state index contributed by atoms with van der Waals surface area (Å²) >= 11 is 0. The van der Waals surface area contributed by atoms with Gasteiger partial charge in [-0.1, -0.05) is 0 Å². The summed E-state index contributed by atoms with van der Waals surface area (Å²) in [5.41, 5.74) is 1.01. The first-order valence-corrected chi connectivity index (χ1v) is 8.93. The van der Waals surface area contributed by atoms with Crippen LogP contribution in [0.15, 0.2) is 47.1 Å². The molecule has 2 heterocycles. The number of nitrogens with zero attached hydrogens (tertiary/aromatic N) is 2. The van der Waals surface area contributed by atoms with Crippen molar-refractivity contribution < 1.29 is 18.4 Å². The molecule has 1 aromatic carbocycles. The van der Waals surface area contributed by atoms with E-state index in [2.05, 4.69) is 20.4 Å². The van der Waals surface area contributed by atoms with Crippen LogP contribution in [0.3, 0.4) is 0 Å². The lowest BCUT2D eigenvalue weighted by atomic mass is 10.2. The largest absolute Gasteiger partial charge is 0.467 e. The van der Waals surface area contributed by atoms with Gasteiger partial charge in [0.25, 0.3) is 0 Å². The lowest BCUT2D eigenvalue weighted by Crippen LogP contribution is -2.49. The first kappa shape index (κ1) is 18.9. The second kappa shape index (κ2) is 9.18. The van der Waals surface area contributed by atoms with Gasteiger partial charge in [-0.2, -0.15) is 0 Å². The Morgan fingerprint density at radius 2 is 1.70 bits per heavy atom. The van der Waals surface area contributed by atoms with Crippen LogP contribution in [0.4, 0.5) is 10.1 Å². The summed E-state index contributed by atoms with van der Waals surface area (Å²) in [6, 6.07) is 9.95. The molecule has 0 bridgehead atoms. The fraction of sp³-hybridized carbons (Fsp3) is 0.368. The average molecular weight is 374 g/mol. The zero-order chi connectivity index (χ0) is 19.1. The third-order valence-electron chi connectivity index (χ3n) is 4.49. The van der Waals surface area contributed by atoms with Gasteiger partial charge in [0.2, 0.25) is 0 Å². The number of carbonyl (C=O) groups is 2. The number of piperazine rings is 1. The highest BCUT2D eigenvalue weighted by atomic mass is 19.1. The number of rotatable bonds is 6. The third-order valence-corrected chi connectivity index (χ3v) is 4.49. The topological polar surface area (TPSA) is 77.8 Å². The fourth-order valence-electron chi connectivity index (χ4n) is 2.95. The first-order valence-electron chi connectivity index (χ1n) is 8.93. The maximum atomic E-state index is 13.0. The zero-order valence-corrected chi connectivity index (χ0v) is 15.0. The SMILES string of the molecule is O=C(NCCN1CCN(c2ccc(F)cc2)CC1)C(=O)NCc1ccco1. The summed E-state index contributed by atoms with van der Waals surface area (Å²) in [7, 11) is 0. The van der Waals surface area contributed by atoms with Crippen molar-refractivity contribution in [1.82, 2.24) is 15.5 Å². The molecular weight excluding hydrogens is 351 g/mol. The highest BCUT2D eigenvalue weighted by Crippen LogP contribution is 2.16. The van der Waals surface area contributed by atoms with Gasteiger partial charge < -0.3 is 20.0 Å². The molecule has 144 valence electrons. The lowest BCUT2D eigenvalue weighted by Gasteiger charge is -2.36. The van der Waals surface area contributed by atoms with Crippen molar-refractivity contribution in [2.75, 3.05) is 44.2 Å². The van der Waals surface area contributed by atoms with Crippen molar-refractivity contribution in [2.45, 2.75) is 6.54 Å². The van der Waals surface area contributed by atoms with Crippen molar-refractivity contribution in [2.24, 2.45) is 0 Å². The highest BCUT2D eigenvalue weighted by Gasteiger charge is 2.18. The van der Waals surface area contributed by atoms with E-state index in [0.717, 1.165) is 31.9 Å². The number of furan rings is 1. The number of amides is 2. The highest BCUT2D eigenvalue weighted by molar-refractivity contribution is 6.35. The summed E-state index contributed by atoms with van der Waals surface area (Å²) in [6.07, 6.45) is 1.51. The van der Waals surface area contributed by atoms with Gasteiger partial charge in [-0.3, -0.25) is 14.5 Å². The fourth-order valence-corrected chi connectivity index (χ4v) is 2.95. The van der Waals surface area contributed by atoms with Crippen LogP contribution in [0.1, 0.15) is 5.76 Å². The maximum Gasteiger partial charge on any atom is 0.309 e. The summed E-state index contributed by atoms with van der Waals surface area (Å²) in [5.74, 6) is -0.962. The van der Waals surface area contributed by atoms with Crippen LogP contribution in [-0.4, -0.2) is 56.0 Å². The standard InChI is InChI=1S/C19H23FN4O3/c20-15-3-5-16(6-4-15)24-11-9-23(10-12-24)8-7-21-18(25)19(26)22-14-17-2-1-13-27-17/h1-6,13H,7-12,14H2,(H,21,25)(H,22,26). The van der Waals surface area contributed by atoms with Crippen LogP contribution >= 0.6 is 0 Å². The van der Waals surface area contributed by atoms with Crippen LogP contribution < -0.4 is 15.5 Å². The van der Waals surface area contributed by atoms with Crippen molar-refractivity contribution >= 4 is 17.5 Å². The molecule has 0 spiro atoms. The number of benzene rings is 1. The zero-order valence-electron chi connectivity index (χ0n) is 15.0. The number of carbonyl (C=O) groups excluding carboxylic acids is 2. The van der Waals surface area contributed by atoms with Crippen LogP contribution in [-0.2, 0) is 16.1 Å². The molecular formula is C19H23FN4O3. The molecule has 0 atom stereocenters. The van der Waals surface area contributed by atoms with Crippen LogP contribution in [0.2, 0.25) is 0 Å². The van der Waals surface area contributed by atoms with E-state index in [1.807, 2.05) is 0 Å². The predicted molar refractivity (Wildman–Crippen MR) is 98.6 cm³/mol. The number of nitrogens with one attached hydrogen (secondary N) is 2. The summed E-state index contributed by atoms with van der Waals surface area (Å²) < 4.78 is 18.1. The Hall–Kier alpha value is -2.87. The van der Waals surface area contributed by atoms with E-state index in [4.69, 9.17) is 4.42 Å². The van der Waals surface area contributed by atoms with Crippen molar-refractivity contribution in [3.05, 3.63) is 54.2 Å². The van der Waals surface area contributed by atoms with Gasteiger partial charge in [-0.05, 0) is 36.4 Å². The van der Waals surface area contributed by atoms with Gasteiger partial charge in [0.15, 0.2) is 0 Å². The third kappa shape index (κ3) is 5.55. The average Bonchev–Trinajstić information content (AvgIpc) is 3.21. The molecule has 8 heteroatoms. The minimum Gasteiger partial charge on any atom is -0.467 e. The van der Waals surface area contributed by atoms with E-state index in [9.17, 15) is 14.0 Å². The Morgan fingerprint density at radius 3 is 2.37 bits per heavy atom. The molecule has 2 amide bonds. The Labute approximate surface area is 157 Å². The number of halogens is 1. The molecule has 1 aliphatic heterocycles. The van der Waals surface area contributed by atoms with Gasteiger partial charge in [-0.15, -0.1) is 0 Å². The summed E-state index contributed by atoms with van der Waals surface area (Å²) in [5, 5.41) is 5.14. The van der Waals surface area contributed by atoms with Crippen molar-refractivity contribution in [3.63, 3.8) is 0 Å². The predicted octanol–water partition coefficient (Wildman–Crippen LogP) is 0.973. The second-order valence-electron chi connectivity index (χ2n) is 6.32. The second-order valence-corrected chi connectivity index (χ2v) is 6.32. The van der Waals surface area contributed by atoms with E-state index in [-0.39, 0.29) is 12.4 Å². The van der Waals surface area contributed by atoms with Crippen molar-refractivity contribution in [3.8, 4) is 0 Å². The van der Waals surface area contributed by atoms with Gasteiger partial charge in [0, 0.05) is 45.0 Å². The molecule has 1 saturated heterocycles. The summed E-state index contributed by atoms with van der Waals surface area (Å²) in [4.78, 5) is 28.0. The van der Waals surface area contributed by atoms with Gasteiger partial charge in [-0.25, -0.2) is 4.39 Å². The Bertz CT molecular complexity index is 741. The Balaban J connectivity index is 1.32. The van der Waals surface area contributed by atoms with Crippen LogP contribution in [0.5, 0.6) is 0 Å². The first-order chi connectivity index (χ1) is 13.1. The van der Waals surface area contributed by atoms with E-state index in [0.29, 0.717) is 18.8 Å². The molecule has 2 aromatic rings. The van der Waals surface area contributed by atoms with Crippen LogP contribution in [0, 0.1) is 5.82 Å². The molecule has 0 unspecified atom stereocenters. The quantitative estimate of drug-likeness (QED) is 0.737. The summed E-state index contributed by atoms with van der Waals surface area (Å²) in [6.45, 7) is 4.63. The van der Waals surface area contributed by atoms with E-state index >= 15 is 0 Å². The Morgan fingerprint density at radius 1 is 1.00 bits per heavy atom. The Kier molecular flexibility index (Phi) is 6.43. The van der Waals surface area contributed by atoms with E-state index < -0.39 is 11.8 Å².